The van der Waals surface area contributed by atoms with Crippen molar-refractivity contribution in [1.82, 2.24) is 4.31 Å². The second-order valence-electron chi connectivity index (χ2n) is 5.62. The zero-order valence-electron chi connectivity index (χ0n) is 14.8. The number of anilines is 1. The molecule has 0 saturated carbocycles. The van der Waals surface area contributed by atoms with Gasteiger partial charge in [0.2, 0.25) is 15.9 Å². The number of ether oxygens (including phenoxy) is 1. The topological polar surface area (TPSA) is 75.7 Å². The number of amides is 1. The van der Waals surface area contributed by atoms with Gasteiger partial charge in [-0.25, -0.2) is 8.42 Å². The molecule has 0 saturated heterocycles. The third-order valence-corrected chi connectivity index (χ3v) is 6.17. The molecule has 140 valence electrons. The number of nitrogens with one attached hydrogen (secondary N) is 1. The van der Waals surface area contributed by atoms with Crippen molar-refractivity contribution >= 4 is 37.5 Å². The minimum Gasteiger partial charge on any atom is -0.495 e. The molecule has 0 atom stereocenters. The van der Waals surface area contributed by atoms with Gasteiger partial charge in [0.05, 0.1) is 13.7 Å². The first kappa shape index (κ1) is 20.4. The van der Waals surface area contributed by atoms with Crippen LogP contribution in [0.3, 0.4) is 0 Å². The maximum absolute atomic E-state index is 12.8. The molecule has 0 aliphatic carbocycles. The lowest BCUT2D eigenvalue weighted by Gasteiger charge is -2.19. The van der Waals surface area contributed by atoms with E-state index >= 15 is 0 Å². The summed E-state index contributed by atoms with van der Waals surface area (Å²) in [7, 11) is -1.13. The second kappa shape index (κ2) is 8.66. The zero-order valence-corrected chi connectivity index (χ0v) is 17.2. The minimum absolute atomic E-state index is 0.00127. The molecule has 2 rings (SSSR count). The second-order valence-corrected chi connectivity index (χ2v) is 8.54. The van der Waals surface area contributed by atoms with Gasteiger partial charge >= 0.3 is 0 Å². The van der Waals surface area contributed by atoms with Gasteiger partial charge in [-0.15, -0.1) is 0 Å². The lowest BCUT2D eigenvalue weighted by molar-refractivity contribution is -0.116. The van der Waals surface area contributed by atoms with Crippen molar-refractivity contribution in [3.8, 4) is 5.75 Å². The van der Waals surface area contributed by atoms with Crippen molar-refractivity contribution in [3.05, 3.63) is 52.5 Å². The zero-order chi connectivity index (χ0) is 19.3. The summed E-state index contributed by atoms with van der Waals surface area (Å²) in [6.07, 6.45) is 0.764. The van der Waals surface area contributed by atoms with Gasteiger partial charge in [-0.3, -0.25) is 4.79 Å². The molecule has 0 unspecified atom stereocenters. The summed E-state index contributed by atoms with van der Waals surface area (Å²) >= 11 is 3.26. The van der Waals surface area contributed by atoms with Gasteiger partial charge in [0.25, 0.3) is 0 Å². The predicted octanol–water partition coefficient (Wildman–Crippen LogP) is 3.28. The summed E-state index contributed by atoms with van der Waals surface area (Å²) in [6, 6.07) is 12.1. The first-order valence-electron chi connectivity index (χ1n) is 7.97. The SMILES string of the molecule is CCc1ccccc1NC(=O)CN(C)S(=O)(=O)c1cc(Br)ccc1OC. The number of halogens is 1. The van der Waals surface area contributed by atoms with E-state index in [1.54, 1.807) is 18.2 Å². The van der Waals surface area contributed by atoms with Crippen LogP contribution in [0.4, 0.5) is 5.69 Å². The Morgan fingerprint density at radius 1 is 1.23 bits per heavy atom. The number of sulfonamides is 1. The number of rotatable bonds is 7. The molecule has 0 spiro atoms. The average Bonchev–Trinajstić information content (AvgIpc) is 2.61. The molecular weight excluding hydrogens is 420 g/mol. The van der Waals surface area contributed by atoms with Crippen molar-refractivity contribution in [3.63, 3.8) is 0 Å². The van der Waals surface area contributed by atoms with Crippen LogP contribution in [0.25, 0.3) is 0 Å². The van der Waals surface area contributed by atoms with Crippen molar-refractivity contribution in [2.45, 2.75) is 18.2 Å². The molecular formula is C18H21BrN2O4S. The first-order valence-corrected chi connectivity index (χ1v) is 10.2. The number of likely N-dealkylation sites (N-methyl/N-ethyl adjacent to an activating group) is 1. The standard InChI is InChI=1S/C18H21BrN2O4S/c1-4-13-7-5-6-8-15(13)20-18(22)12-21(2)26(23,24)17-11-14(19)9-10-16(17)25-3/h5-11H,4,12H2,1-3H3,(H,20,22). The van der Waals surface area contributed by atoms with E-state index in [0.717, 1.165) is 16.3 Å². The molecule has 26 heavy (non-hydrogen) atoms. The van der Waals surface area contributed by atoms with E-state index in [9.17, 15) is 13.2 Å². The van der Waals surface area contributed by atoms with E-state index in [4.69, 9.17) is 4.74 Å². The Morgan fingerprint density at radius 3 is 2.58 bits per heavy atom. The maximum atomic E-state index is 12.8. The van der Waals surface area contributed by atoms with E-state index in [1.165, 1.54) is 20.2 Å². The number of carbonyl (C=O) groups excluding carboxylic acids is 1. The fourth-order valence-corrected chi connectivity index (χ4v) is 4.26. The van der Waals surface area contributed by atoms with E-state index in [2.05, 4.69) is 21.2 Å². The van der Waals surface area contributed by atoms with Crippen molar-refractivity contribution < 1.29 is 17.9 Å². The summed E-state index contributed by atoms with van der Waals surface area (Å²) < 4.78 is 32.4. The molecule has 1 amide bonds. The summed E-state index contributed by atoms with van der Waals surface area (Å²) in [4.78, 5) is 12.3. The summed E-state index contributed by atoms with van der Waals surface area (Å²) in [5.74, 6) is -0.192. The Hall–Kier alpha value is -1.90. The highest BCUT2D eigenvalue weighted by atomic mass is 79.9. The molecule has 0 aromatic heterocycles. The van der Waals surface area contributed by atoms with Gasteiger partial charge in [0, 0.05) is 17.2 Å². The number of para-hydroxylation sites is 1. The van der Waals surface area contributed by atoms with Crippen LogP contribution in [-0.4, -0.2) is 39.3 Å². The highest BCUT2D eigenvalue weighted by molar-refractivity contribution is 9.10. The number of methoxy groups -OCH3 is 1. The van der Waals surface area contributed by atoms with Gasteiger partial charge in [-0.05, 0) is 36.2 Å². The molecule has 0 radical (unpaired) electrons. The number of aryl methyl sites for hydroxylation is 1. The highest BCUT2D eigenvalue weighted by Gasteiger charge is 2.27. The van der Waals surface area contributed by atoms with E-state index in [1.807, 2.05) is 25.1 Å². The van der Waals surface area contributed by atoms with Gasteiger partial charge in [0.15, 0.2) is 0 Å². The van der Waals surface area contributed by atoms with Crippen LogP contribution in [-0.2, 0) is 21.2 Å². The first-order chi connectivity index (χ1) is 12.3. The van der Waals surface area contributed by atoms with Crippen LogP contribution in [0.2, 0.25) is 0 Å². The Bertz CT molecular complexity index is 900. The monoisotopic (exact) mass is 440 g/mol. The molecule has 2 aromatic rings. The number of benzene rings is 2. The molecule has 0 aliphatic heterocycles. The van der Waals surface area contributed by atoms with Crippen LogP contribution in [0, 0.1) is 0 Å². The third-order valence-electron chi connectivity index (χ3n) is 3.85. The average molecular weight is 441 g/mol. The number of nitrogens with zero attached hydrogens (tertiary/aromatic N) is 1. The fourth-order valence-electron chi connectivity index (χ4n) is 2.45. The molecule has 0 fully saturated rings. The van der Waals surface area contributed by atoms with Crippen LogP contribution in [0.1, 0.15) is 12.5 Å². The van der Waals surface area contributed by atoms with E-state index in [0.29, 0.717) is 10.2 Å². The molecule has 2 aromatic carbocycles. The third kappa shape index (κ3) is 4.63. The van der Waals surface area contributed by atoms with Gasteiger partial charge in [-0.1, -0.05) is 41.1 Å². The van der Waals surface area contributed by atoms with Gasteiger partial charge in [-0.2, -0.15) is 4.31 Å². The normalized spacial score (nSPS) is 11.4. The minimum atomic E-state index is -3.89. The van der Waals surface area contributed by atoms with Crippen molar-refractivity contribution in [2.75, 3.05) is 26.0 Å². The molecule has 0 heterocycles. The quantitative estimate of drug-likeness (QED) is 0.716. The van der Waals surface area contributed by atoms with Crippen LogP contribution in [0.5, 0.6) is 5.75 Å². The lowest BCUT2D eigenvalue weighted by Crippen LogP contribution is -2.35. The number of hydrogen-bond acceptors (Lipinski definition) is 4. The summed E-state index contributed by atoms with van der Waals surface area (Å²) in [5, 5.41) is 2.77. The van der Waals surface area contributed by atoms with Crippen LogP contribution < -0.4 is 10.1 Å². The van der Waals surface area contributed by atoms with Crippen molar-refractivity contribution in [2.24, 2.45) is 0 Å². The van der Waals surface area contributed by atoms with Crippen molar-refractivity contribution in [1.29, 1.82) is 0 Å². The Labute approximate surface area is 162 Å². The van der Waals surface area contributed by atoms with Crippen LogP contribution >= 0.6 is 15.9 Å². The Balaban J connectivity index is 2.19. The fraction of sp³-hybridized carbons (Fsp3) is 0.278. The maximum Gasteiger partial charge on any atom is 0.247 e. The largest absolute Gasteiger partial charge is 0.495 e. The van der Waals surface area contributed by atoms with E-state index in [-0.39, 0.29) is 17.2 Å². The highest BCUT2D eigenvalue weighted by Crippen LogP contribution is 2.29. The number of hydrogen-bond donors (Lipinski definition) is 1. The molecule has 6 nitrogen and oxygen atoms in total. The van der Waals surface area contributed by atoms with Crippen LogP contribution in [0.15, 0.2) is 51.8 Å². The molecule has 0 aliphatic rings. The molecule has 0 bridgehead atoms. The Kier molecular flexibility index (Phi) is 6.80. The Morgan fingerprint density at radius 2 is 1.92 bits per heavy atom. The number of carbonyl (C=O) groups is 1. The van der Waals surface area contributed by atoms with Gasteiger partial charge in [0.1, 0.15) is 10.6 Å². The molecule has 1 N–H and O–H groups in total. The summed E-state index contributed by atoms with van der Waals surface area (Å²) in [6.45, 7) is 1.68. The molecule has 8 heteroatoms. The lowest BCUT2D eigenvalue weighted by atomic mass is 10.1. The summed E-state index contributed by atoms with van der Waals surface area (Å²) in [5.41, 5.74) is 1.67. The predicted molar refractivity (Wildman–Crippen MR) is 105 cm³/mol. The van der Waals surface area contributed by atoms with Gasteiger partial charge < -0.3 is 10.1 Å². The smallest absolute Gasteiger partial charge is 0.247 e. The van der Waals surface area contributed by atoms with E-state index < -0.39 is 15.9 Å².